The maximum absolute atomic E-state index is 11.2. The molecular formula is C9H15N3OS. The van der Waals surface area contributed by atoms with Crippen LogP contribution < -0.4 is 10.6 Å². The zero-order valence-electron chi connectivity index (χ0n) is 8.57. The highest BCUT2D eigenvalue weighted by atomic mass is 32.1. The Morgan fingerprint density at radius 3 is 2.79 bits per heavy atom. The summed E-state index contributed by atoms with van der Waals surface area (Å²) in [6, 6.07) is -0.0924. The molecule has 2 atom stereocenters. The fraction of sp³-hybridized carbons (Fsp3) is 0.556. The predicted octanol–water partition coefficient (Wildman–Crippen LogP) is 0.928. The molecule has 0 spiro atoms. The lowest BCUT2D eigenvalue weighted by molar-refractivity contribution is -0.122. The highest BCUT2D eigenvalue weighted by molar-refractivity contribution is 7.07. The zero-order chi connectivity index (χ0) is 10.6. The molecule has 1 heterocycles. The minimum Gasteiger partial charge on any atom is -0.358 e. The molecule has 0 fully saturated rings. The molecule has 0 aliphatic heterocycles. The van der Waals surface area contributed by atoms with E-state index in [1.807, 2.05) is 19.2 Å². The van der Waals surface area contributed by atoms with Crippen molar-refractivity contribution in [2.75, 3.05) is 7.05 Å². The van der Waals surface area contributed by atoms with Gasteiger partial charge in [-0.3, -0.25) is 10.1 Å². The van der Waals surface area contributed by atoms with Crippen molar-refractivity contribution in [1.82, 2.24) is 15.6 Å². The molecule has 5 heteroatoms. The van der Waals surface area contributed by atoms with E-state index >= 15 is 0 Å². The summed E-state index contributed by atoms with van der Waals surface area (Å²) >= 11 is 1.56. The van der Waals surface area contributed by atoms with Gasteiger partial charge in [0.2, 0.25) is 5.91 Å². The average molecular weight is 213 g/mol. The number of thiazole rings is 1. The minimum absolute atomic E-state index is 0.00733. The van der Waals surface area contributed by atoms with Gasteiger partial charge in [0.15, 0.2) is 0 Å². The molecule has 0 saturated carbocycles. The Bertz CT molecular complexity index is 286. The first-order chi connectivity index (χ1) is 6.65. The Labute approximate surface area is 87.7 Å². The van der Waals surface area contributed by atoms with Gasteiger partial charge in [-0.05, 0) is 13.8 Å². The van der Waals surface area contributed by atoms with E-state index in [4.69, 9.17) is 0 Å². The van der Waals surface area contributed by atoms with Crippen LogP contribution in [-0.4, -0.2) is 24.0 Å². The monoisotopic (exact) mass is 213 g/mol. The van der Waals surface area contributed by atoms with Gasteiger partial charge in [-0.25, -0.2) is 4.98 Å². The van der Waals surface area contributed by atoms with Crippen LogP contribution in [0.3, 0.4) is 0 Å². The van der Waals surface area contributed by atoms with Gasteiger partial charge < -0.3 is 5.32 Å². The largest absolute Gasteiger partial charge is 0.358 e. The first-order valence-electron chi connectivity index (χ1n) is 4.51. The average Bonchev–Trinajstić information content (AvgIpc) is 2.69. The molecule has 0 aromatic carbocycles. The first kappa shape index (κ1) is 11.1. The van der Waals surface area contributed by atoms with Crippen molar-refractivity contribution in [3.05, 3.63) is 16.6 Å². The molecule has 1 rings (SSSR count). The zero-order valence-corrected chi connectivity index (χ0v) is 9.39. The molecule has 1 aromatic heterocycles. The second-order valence-electron chi connectivity index (χ2n) is 3.14. The Balaban J connectivity index is 2.49. The number of aromatic nitrogens is 1. The molecular weight excluding hydrogens is 198 g/mol. The van der Waals surface area contributed by atoms with E-state index in [1.54, 1.807) is 23.9 Å². The van der Waals surface area contributed by atoms with E-state index in [1.165, 1.54) is 0 Å². The van der Waals surface area contributed by atoms with Crippen molar-refractivity contribution in [2.24, 2.45) is 0 Å². The third kappa shape index (κ3) is 2.78. The third-order valence-electron chi connectivity index (χ3n) is 2.03. The van der Waals surface area contributed by atoms with Crippen molar-refractivity contribution in [3.63, 3.8) is 0 Å². The van der Waals surface area contributed by atoms with E-state index in [2.05, 4.69) is 15.6 Å². The van der Waals surface area contributed by atoms with Crippen LogP contribution in [0.4, 0.5) is 0 Å². The summed E-state index contributed by atoms with van der Waals surface area (Å²) in [6.07, 6.45) is 0. The summed E-state index contributed by atoms with van der Waals surface area (Å²) in [4.78, 5) is 15.4. The number of rotatable bonds is 4. The molecule has 2 N–H and O–H groups in total. The summed E-state index contributed by atoms with van der Waals surface area (Å²) in [7, 11) is 1.63. The standard InChI is InChI=1S/C9H15N3OS/c1-6(8-4-14-5-11-8)12-7(2)9(13)10-3/h4-7,12H,1-3H3,(H,10,13)/t6?,7-/m1/s1. The van der Waals surface area contributed by atoms with Gasteiger partial charge in [0.25, 0.3) is 0 Å². The Kier molecular flexibility index (Phi) is 4.03. The van der Waals surface area contributed by atoms with Gasteiger partial charge in [-0.15, -0.1) is 11.3 Å². The molecule has 0 bridgehead atoms. The number of likely N-dealkylation sites (N-methyl/N-ethyl adjacent to an activating group) is 1. The van der Waals surface area contributed by atoms with Crippen LogP contribution >= 0.6 is 11.3 Å². The Morgan fingerprint density at radius 2 is 2.29 bits per heavy atom. The molecule has 1 amide bonds. The lowest BCUT2D eigenvalue weighted by Crippen LogP contribution is -2.41. The summed E-state index contributed by atoms with van der Waals surface area (Å²) in [5.74, 6) is -0.00733. The molecule has 78 valence electrons. The molecule has 14 heavy (non-hydrogen) atoms. The van der Waals surface area contributed by atoms with E-state index in [9.17, 15) is 4.79 Å². The Hall–Kier alpha value is -0.940. The number of nitrogens with one attached hydrogen (secondary N) is 2. The van der Waals surface area contributed by atoms with E-state index in [0.717, 1.165) is 5.69 Å². The number of hydrogen-bond acceptors (Lipinski definition) is 4. The van der Waals surface area contributed by atoms with Crippen LogP contribution in [0.25, 0.3) is 0 Å². The van der Waals surface area contributed by atoms with Gasteiger partial charge in [0, 0.05) is 18.5 Å². The number of carbonyl (C=O) groups excluding carboxylic acids is 1. The molecule has 1 unspecified atom stereocenters. The van der Waals surface area contributed by atoms with Crippen molar-refractivity contribution < 1.29 is 4.79 Å². The number of carbonyl (C=O) groups is 1. The third-order valence-corrected chi connectivity index (χ3v) is 2.64. The molecule has 0 aliphatic rings. The van der Waals surface area contributed by atoms with Crippen LogP contribution in [-0.2, 0) is 4.79 Å². The Morgan fingerprint density at radius 1 is 1.57 bits per heavy atom. The SMILES string of the molecule is CNC(=O)[C@@H](C)NC(C)c1cscn1. The van der Waals surface area contributed by atoms with Crippen LogP contribution in [0.15, 0.2) is 10.9 Å². The van der Waals surface area contributed by atoms with E-state index in [-0.39, 0.29) is 18.0 Å². The lowest BCUT2D eigenvalue weighted by atomic mass is 10.2. The normalized spacial score (nSPS) is 14.8. The van der Waals surface area contributed by atoms with Gasteiger partial charge >= 0.3 is 0 Å². The van der Waals surface area contributed by atoms with Gasteiger partial charge in [-0.1, -0.05) is 0 Å². The van der Waals surface area contributed by atoms with Gasteiger partial charge in [0.05, 0.1) is 17.2 Å². The fourth-order valence-electron chi connectivity index (χ4n) is 1.19. The van der Waals surface area contributed by atoms with Crippen LogP contribution in [0, 0.1) is 0 Å². The second kappa shape index (κ2) is 5.07. The van der Waals surface area contributed by atoms with Crippen LogP contribution in [0.5, 0.6) is 0 Å². The highest BCUT2D eigenvalue weighted by Gasteiger charge is 2.15. The first-order valence-corrected chi connectivity index (χ1v) is 5.45. The highest BCUT2D eigenvalue weighted by Crippen LogP contribution is 2.12. The maximum Gasteiger partial charge on any atom is 0.236 e. The lowest BCUT2D eigenvalue weighted by Gasteiger charge is -2.17. The van der Waals surface area contributed by atoms with E-state index in [0.29, 0.717) is 0 Å². The van der Waals surface area contributed by atoms with E-state index < -0.39 is 0 Å². The molecule has 0 saturated heterocycles. The number of nitrogens with zero attached hydrogens (tertiary/aromatic N) is 1. The van der Waals surface area contributed by atoms with Gasteiger partial charge in [0.1, 0.15) is 0 Å². The quantitative estimate of drug-likeness (QED) is 0.782. The minimum atomic E-state index is -0.198. The molecule has 0 aliphatic carbocycles. The topological polar surface area (TPSA) is 54.0 Å². The van der Waals surface area contributed by atoms with Crippen molar-refractivity contribution in [2.45, 2.75) is 25.9 Å². The summed E-state index contributed by atoms with van der Waals surface area (Å²) in [5, 5.41) is 7.74. The molecule has 4 nitrogen and oxygen atoms in total. The molecule has 0 radical (unpaired) electrons. The predicted molar refractivity (Wildman–Crippen MR) is 57.2 cm³/mol. The van der Waals surface area contributed by atoms with Crippen molar-refractivity contribution in [3.8, 4) is 0 Å². The van der Waals surface area contributed by atoms with Crippen LogP contribution in [0.1, 0.15) is 25.6 Å². The van der Waals surface area contributed by atoms with Crippen LogP contribution in [0.2, 0.25) is 0 Å². The smallest absolute Gasteiger partial charge is 0.236 e. The second-order valence-corrected chi connectivity index (χ2v) is 3.86. The van der Waals surface area contributed by atoms with Crippen molar-refractivity contribution in [1.29, 1.82) is 0 Å². The fourth-order valence-corrected chi connectivity index (χ4v) is 1.84. The summed E-state index contributed by atoms with van der Waals surface area (Å²) < 4.78 is 0. The number of amides is 1. The van der Waals surface area contributed by atoms with Gasteiger partial charge in [-0.2, -0.15) is 0 Å². The summed E-state index contributed by atoms with van der Waals surface area (Å²) in [6.45, 7) is 3.83. The number of hydrogen-bond donors (Lipinski definition) is 2. The summed E-state index contributed by atoms with van der Waals surface area (Å²) in [5.41, 5.74) is 2.77. The molecule has 1 aromatic rings. The van der Waals surface area contributed by atoms with Crippen molar-refractivity contribution >= 4 is 17.2 Å². The maximum atomic E-state index is 11.2.